The van der Waals surface area contributed by atoms with Crippen molar-refractivity contribution in [2.75, 3.05) is 4.72 Å². The Morgan fingerprint density at radius 2 is 1.91 bits per heavy atom. The minimum Gasteiger partial charge on any atom is -0.274 e. The third-order valence-electron chi connectivity index (χ3n) is 2.74. The van der Waals surface area contributed by atoms with Gasteiger partial charge >= 0.3 is 0 Å². The van der Waals surface area contributed by atoms with Gasteiger partial charge in [-0.2, -0.15) is 13.4 Å². The maximum absolute atomic E-state index is 12.4. The van der Waals surface area contributed by atoms with Crippen LogP contribution < -0.4 is 4.72 Å². The van der Waals surface area contributed by atoms with Crippen molar-refractivity contribution in [2.45, 2.75) is 12.1 Å². The number of halogens is 2. The quantitative estimate of drug-likeness (QED) is 0.777. The molecule has 114 valence electrons. The number of aromatic nitrogens is 4. The highest BCUT2D eigenvalue weighted by Gasteiger charge is 2.23. The summed E-state index contributed by atoms with van der Waals surface area (Å²) in [6.45, 7) is 1.81. The first kappa shape index (κ1) is 15.0. The van der Waals surface area contributed by atoms with Crippen molar-refractivity contribution in [1.82, 2.24) is 19.6 Å². The summed E-state index contributed by atoms with van der Waals surface area (Å²) < 4.78 is 28.3. The number of anilines is 1. The van der Waals surface area contributed by atoms with Gasteiger partial charge in [-0.25, -0.2) is 9.50 Å². The zero-order chi connectivity index (χ0) is 15.9. The van der Waals surface area contributed by atoms with E-state index < -0.39 is 15.2 Å². The molecule has 3 aromatic rings. The van der Waals surface area contributed by atoms with Gasteiger partial charge in [-0.05, 0) is 24.6 Å². The number of benzene rings is 1. The fraction of sp³-hybridized carbons (Fsp3) is 0.0833. The summed E-state index contributed by atoms with van der Waals surface area (Å²) in [5, 5.41) is 3.84. The zero-order valence-electron chi connectivity index (χ0n) is 11.2. The molecule has 0 saturated heterocycles. The molecule has 22 heavy (non-hydrogen) atoms. The molecule has 0 aliphatic heterocycles. The van der Waals surface area contributed by atoms with E-state index in [1.165, 1.54) is 16.6 Å². The number of aryl methyl sites for hydroxylation is 1. The van der Waals surface area contributed by atoms with Crippen molar-refractivity contribution in [2.24, 2.45) is 0 Å². The molecule has 0 radical (unpaired) electrons. The molecule has 1 N–H and O–H groups in total. The van der Waals surface area contributed by atoms with Crippen LogP contribution in [0.15, 0.2) is 35.7 Å². The molecule has 0 saturated carbocycles. The van der Waals surface area contributed by atoms with Gasteiger partial charge in [-0.1, -0.05) is 29.3 Å². The Morgan fingerprint density at radius 3 is 2.59 bits per heavy atom. The highest BCUT2D eigenvalue weighted by molar-refractivity contribution is 7.92. The van der Waals surface area contributed by atoms with Crippen LogP contribution in [0.4, 0.5) is 5.69 Å². The zero-order valence-corrected chi connectivity index (χ0v) is 13.5. The van der Waals surface area contributed by atoms with E-state index in [4.69, 9.17) is 23.2 Å². The van der Waals surface area contributed by atoms with Crippen molar-refractivity contribution in [3.05, 3.63) is 46.2 Å². The van der Waals surface area contributed by atoms with Crippen molar-refractivity contribution in [3.63, 3.8) is 0 Å². The summed E-state index contributed by atoms with van der Waals surface area (Å²) in [6.07, 6.45) is 3.19. The number of sulfonamides is 1. The second-order valence-corrected chi connectivity index (χ2v) is 6.86. The smallest absolute Gasteiger partial charge is 0.274 e. The van der Waals surface area contributed by atoms with Crippen molar-refractivity contribution in [3.8, 4) is 0 Å². The number of fused-ring (bicyclic) bond motifs is 1. The number of nitrogens with one attached hydrogen (secondary N) is 1. The van der Waals surface area contributed by atoms with Crippen LogP contribution in [0.3, 0.4) is 0 Å². The van der Waals surface area contributed by atoms with Gasteiger partial charge in [0.05, 0.1) is 15.7 Å². The molecule has 2 heterocycles. The summed E-state index contributed by atoms with van der Waals surface area (Å²) in [7, 11) is -4.03. The number of para-hydroxylation sites is 1. The van der Waals surface area contributed by atoms with Crippen LogP contribution in [0, 0.1) is 6.92 Å². The molecule has 2 aromatic heterocycles. The minimum atomic E-state index is -4.03. The van der Waals surface area contributed by atoms with E-state index >= 15 is 0 Å². The Morgan fingerprint density at radius 1 is 1.23 bits per heavy atom. The molecular weight excluding hydrogens is 349 g/mol. The fourth-order valence-electron chi connectivity index (χ4n) is 1.75. The average molecular weight is 358 g/mol. The van der Waals surface area contributed by atoms with Crippen molar-refractivity contribution >= 4 is 44.7 Å². The normalized spacial score (nSPS) is 11.8. The number of hydrogen-bond acceptors (Lipinski definition) is 5. The van der Waals surface area contributed by atoms with E-state index in [1.807, 2.05) is 6.92 Å². The first-order valence-corrected chi connectivity index (χ1v) is 8.26. The van der Waals surface area contributed by atoms with Crippen LogP contribution in [-0.2, 0) is 10.0 Å². The van der Waals surface area contributed by atoms with E-state index in [9.17, 15) is 8.42 Å². The third kappa shape index (κ3) is 2.72. The van der Waals surface area contributed by atoms with Crippen LogP contribution in [-0.4, -0.2) is 28.0 Å². The highest BCUT2D eigenvalue weighted by atomic mass is 35.5. The highest BCUT2D eigenvalue weighted by Crippen LogP contribution is 2.31. The summed E-state index contributed by atoms with van der Waals surface area (Å²) >= 11 is 11.9. The van der Waals surface area contributed by atoms with Crippen LogP contribution in [0.1, 0.15) is 5.56 Å². The maximum Gasteiger partial charge on any atom is 0.299 e. The Kier molecular flexibility index (Phi) is 3.67. The molecule has 0 aliphatic carbocycles. The second kappa shape index (κ2) is 5.38. The molecule has 0 unspecified atom stereocenters. The lowest BCUT2D eigenvalue weighted by Gasteiger charge is -2.08. The molecule has 0 fully saturated rings. The average Bonchev–Trinajstić information content (AvgIpc) is 2.87. The van der Waals surface area contributed by atoms with E-state index in [1.54, 1.807) is 18.5 Å². The summed E-state index contributed by atoms with van der Waals surface area (Å²) in [5.41, 5.74) is 0.900. The molecule has 0 amide bonds. The van der Waals surface area contributed by atoms with E-state index in [-0.39, 0.29) is 21.5 Å². The van der Waals surface area contributed by atoms with Gasteiger partial charge in [-0.3, -0.25) is 4.72 Å². The summed E-state index contributed by atoms with van der Waals surface area (Å²) in [6, 6.07) is 4.65. The summed E-state index contributed by atoms with van der Waals surface area (Å²) in [5.74, 6) is 0.177. The first-order chi connectivity index (χ1) is 10.4. The number of rotatable bonds is 3. The molecule has 10 heteroatoms. The van der Waals surface area contributed by atoms with E-state index in [0.717, 1.165) is 5.56 Å². The Hall–Kier alpha value is -1.90. The monoisotopic (exact) mass is 357 g/mol. The Bertz CT molecular complexity index is 951. The number of nitrogens with zero attached hydrogens (tertiary/aromatic N) is 4. The second-order valence-electron chi connectivity index (χ2n) is 4.47. The van der Waals surface area contributed by atoms with Crippen LogP contribution >= 0.6 is 23.2 Å². The van der Waals surface area contributed by atoms with Gasteiger partial charge in [0.2, 0.25) is 0 Å². The molecule has 0 spiro atoms. The lowest BCUT2D eigenvalue weighted by molar-refractivity contribution is 0.592. The summed E-state index contributed by atoms with van der Waals surface area (Å²) in [4.78, 5) is 7.89. The van der Waals surface area contributed by atoms with Crippen LogP contribution in [0.25, 0.3) is 5.78 Å². The molecule has 0 atom stereocenters. The topological polar surface area (TPSA) is 89.2 Å². The van der Waals surface area contributed by atoms with Gasteiger partial charge in [0, 0.05) is 12.4 Å². The van der Waals surface area contributed by atoms with Gasteiger partial charge in [0.25, 0.3) is 21.0 Å². The molecule has 1 aromatic carbocycles. The van der Waals surface area contributed by atoms with Gasteiger partial charge in [0.1, 0.15) is 0 Å². The van der Waals surface area contributed by atoms with Gasteiger partial charge in [-0.15, -0.1) is 5.10 Å². The maximum atomic E-state index is 12.4. The van der Waals surface area contributed by atoms with Crippen LogP contribution in [0.5, 0.6) is 0 Å². The fourth-order valence-corrected chi connectivity index (χ4v) is 3.33. The van der Waals surface area contributed by atoms with Crippen molar-refractivity contribution < 1.29 is 8.42 Å². The van der Waals surface area contributed by atoms with Crippen molar-refractivity contribution in [1.29, 1.82) is 0 Å². The largest absolute Gasteiger partial charge is 0.299 e. The van der Waals surface area contributed by atoms with E-state index in [2.05, 4.69) is 19.8 Å². The predicted molar refractivity (Wildman–Crippen MR) is 82.8 cm³/mol. The molecule has 0 aliphatic rings. The Balaban J connectivity index is 2.05. The minimum absolute atomic E-state index is 0.0776. The molecule has 3 rings (SSSR count). The standard InChI is InChI=1S/C12H9Cl2N5O2S/c1-7-5-15-11-16-12(17-19(11)6-7)22(20,21)18-10-8(13)3-2-4-9(10)14/h2-6,18H,1H3. The first-order valence-electron chi connectivity index (χ1n) is 6.03. The van der Waals surface area contributed by atoms with E-state index in [0.29, 0.717) is 0 Å². The van der Waals surface area contributed by atoms with Gasteiger partial charge < -0.3 is 0 Å². The number of hydrogen-bond donors (Lipinski definition) is 1. The SMILES string of the molecule is Cc1cnc2nc(S(=O)(=O)Nc3c(Cl)cccc3Cl)nn2c1. The lowest BCUT2D eigenvalue weighted by Crippen LogP contribution is -2.15. The molecule has 7 nitrogen and oxygen atoms in total. The molecule has 0 bridgehead atoms. The molecular formula is C12H9Cl2N5O2S. The lowest BCUT2D eigenvalue weighted by atomic mass is 10.3. The Labute approximate surface area is 136 Å². The third-order valence-corrected chi connectivity index (χ3v) is 4.50. The van der Waals surface area contributed by atoms with Gasteiger partial charge in [0.15, 0.2) is 0 Å². The predicted octanol–water partition coefficient (Wildman–Crippen LogP) is 2.54. The van der Waals surface area contributed by atoms with Crippen LogP contribution in [0.2, 0.25) is 10.0 Å².